The summed E-state index contributed by atoms with van der Waals surface area (Å²) in [5.74, 6) is 0. The largest absolute Gasteiger partial charge is 0.417 e. The fraction of sp³-hybridized carbons (Fsp3) is 0.333. The van der Waals surface area contributed by atoms with Crippen molar-refractivity contribution < 1.29 is 30.0 Å². The quantitative estimate of drug-likeness (QED) is 0.824. The first kappa shape index (κ1) is 15.8. The molecule has 0 radical (unpaired) electrons. The Morgan fingerprint density at radius 1 is 0.947 bits per heavy atom. The van der Waals surface area contributed by atoms with Gasteiger partial charge in [-0.25, -0.2) is 16.8 Å². The van der Waals surface area contributed by atoms with Crippen molar-refractivity contribution in [2.45, 2.75) is 16.0 Å². The van der Waals surface area contributed by atoms with Crippen molar-refractivity contribution in [1.29, 1.82) is 0 Å². The Hall–Kier alpha value is -1.29. The van der Waals surface area contributed by atoms with Gasteiger partial charge in [-0.2, -0.15) is 13.2 Å². The van der Waals surface area contributed by atoms with Crippen LogP contribution in [-0.4, -0.2) is 29.3 Å². The lowest BCUT2D eigenvalue weighted by atomic mass is 10.2. The van der Waals surface area contributed by atoms with E-state index in [9.17, 15) is 30.0 Å². The fourth-order valence-electron chi connectivity index (χ4n) is 1.43. The third-order valence-electron chi connectivity index (χ3n) is 2.22. The van der Waals surface area contributed by atoms with Gasteiger partial charge in [0.15, 0.2) is 19.7 Å². The topological polar surface area (TPSA) is 94.3 Å². The average Bonchev–Trinajstić information content (AvgIpc) is 2.11. The summed E-state index contributed by atoms with van der Waals surface area (Å²) in [4.78, 5) is -1.77. The molecule has 0 aliphatic rings. The van der Waals surface area contributed by atoms with Gasteiger partial charge in [0.05, 0.1) is 21.0 Å². The molecule has 1 aromatic rings. The minimum atomic E-state index is -4.96. The van der Waals surface area contributed by atoms with E-state index in [1.165, 1.54) is 0 Å². The van der Waals surface area contributed by atoms with Crippen molar-refractivity contribution in [3.05, 3.63) is 17.7 Å². The summed E-state index contributed by atoms with van der Waals surface area (Å²) in [5, 5.41) is 0. The van der Waals surface area contributed by atoms with Crippen molar-refractivity contribution in [1.82, 2.24) is 0 Å². The number of halogens is 3. The van der Waals surface area contributed by atoms with Gasteiger partial charge < -0.3 is 5.73 Å². The summed E-state index contributed by atoms with van der Waals surface area (Å²) in [5.41, 5.74) is 3.11. The van der Waals surface area contributed by atoms with E-state index in [0.29, 0.717) is 18.4 Å². The zero-order valence-corrected chi connectivity index (χ0v) is 11.4. The van der Waals surface area contributed by atoms with E-state index >= 15 is 0 Å². The van der Waals surface area contributed by atoms with Crippen molar-refractivity contribution in [3.63, 3.8) is 0 Å². The Bertz CT molecular complexity index is 721. The van der Waals surface area contributed by atoms with E-state index in [4.69, 9.17) is 5.73 Å². The highest BCUT2D eigenvalue weighted by molar-refractivity contribution is 7.91. The van der Waals surface area contributed by atoms with Crippen molar-refractivity contribution >= 4 is 25.4 Å². The SMILES string of the molecule is CS(=O)(=O)c1cc(S(C)(=O)=O)c(C(F)(F)F)cc1N. The summed E-state index contributed by atoms with van der Waals surface area (Å²) >= 11 is 0. The number of anilines is 1. The van der Waals surface area contributed by atoms with Crippen LogP contribution in [0.3, 0.4) is 0 Å². The highest BCUT2D eigenvalue weighted by atomic mass is 32.2. The number of nitrogens with two attached hydrogens (primary N) is 1. The van der Waals surface area contributed by atoms with Crippen molar-refractivity contribution in [2.75, 3.05) is 18.2 Å². The number of rotatable bonds is 2. The Kier molecular flexibility index (Phi) is 3.63. The molecule has 0 aliphatic heterocycles. The molecule has 0 fully saturated rings. The van der Waals surface area contributed by atoms with Gasteiger partial charge in [-0.05, 0) is 12.1 Å². The first-order chi connectivity index (χ1) is 8.24. The van der Waals surface area contributed by atoms with Crippen LogP contribution in [0.15, 0.2) is 21.9 Å². The maximum atomic E-state index is 12.7. The second-order valence-electron chi connectivity index (χ2n) is 3.93. The number of alkyl halides is 3. The van der Waals surface area contributed by atoms with Gasteiger partial charge in [-0.3, -0.25) is 0 Å². The molecule has 0 aromatic heterocycles. The molecule has 19 heavy (non-hydrogen) atoms. The zero-order chi connectivity index (χ0) is 15.2. The van der Waals surface area contributed by atoms with Crippen molar-refractivity contribution in [3.8, 4) is 0 Å². The van der Waals surface area contributed by atoms with E-state index in [1.54, 1.807) is 0 Å². The van der Waals surface area contributed by atoms with Gasteiger partial charge in [0, 0.05) is 12.5 Å². The first-order valence-electron chi connectivity index (χ1n) is 4.65. The van der Waals surface area contributed by atoms with E-state index in [-0.39, 0.29) is 0 Å². The summed E-state index contributed by atoms with van der Waals surface area (Å²) in [7, 11) is -8.19. The van der Waals surface area contributed by atoms with E-state index in [2.05, 4.69) is 0 Å². The molecule has 1 rings (SSSR count). The molecule has 0 saturated heterocycles. The summed E-state index contributed by atoms with van der Waals surface area (Å²) < 4.78 is 83.5. The minimum absolute atomic E-state index is 0.312. The Morgan fingerprint density at radius 2 is 1.37 bits per heavy atom. The molecule has 0 saturated carbocycles. The van der Waals surface area contributed by atoms with Gasteiger partial charge in [0.2, 0.25) is 0 Å². The standard InChI is InChI=1S/C9H10F3NO4S2/c1-18(14,15)7-4-8(19(2,16)17)6(13)3-5(7)9(10,11)12/h3-4H,13H2,1-2H3. The van der Waals surface area contributed by atoms with E-state index in [0.717, 1.165) is 6.26 Å². The van der Waals surface area contributed by atoms with Crippen LogP contribution in [-0.2, 0) is 25.9 Å². The molecule has 108 valence electrons. The third kappa shape index (κ3) is 3.38. The van der Waals surface area contributed by atoms with Gasteiger partial charge in [0.25, 0.3) is 0 Å². The fourth-order valence-corrected chi connectivity index (χ4v) is 3.23. The maximum absolute atomic E-state index is 12.7. The highest BCUT2D eigenvalue weighted by Crippen LogP contribution is 2.37. The molecule has 0 spiro atoms. The lowest BCUT2D eigenvalue weighted by Gasteiger charge is -2.14. The summed E-state index contributed by atoms with van der Waals surface area (Å²) in [6.45, 7) is 0. The molecule has 0 bridgehead atoms. The van der Waals surface area contributed by atoms with Crippen molar-refractivity contribution in [2.24, 2.45) is 0 Å². The van der Waals surface area contributed by atoms with Gasteiger partial charge in [0.1, 0.15) is 0 Å². The monoisotopic (exact) mass is 317 g/mol. The summed E-state index contributed by atoms with van der Waals surface area (Å²) in [6, 6.07) is 0.746. The Morgan fingerprint density at radius 3 is 1.68 bits per heavy atom. The number of benzene rings is 1. The second-order valence-corrected chi connectivity index (χ2v) is 7.90. The van der Waals surface area contributed by atoms with Gasteiger partial charge in [-0.15, -0.1) is 0 Å². The smallest absolute Gasteiger partial charge is 0.398 e. The van der Waals surface area contributed by atoms with Crippen LogP contribution in [0, 0.1) is 0 Å². The Balaban J connectivity index is 3.87. The lowest BCUT2D eigenvalue weighted by molar-refractivity contribution is -0.139. The zero-order valence-electron chi connectivity index (χ0n) is 9.82. The highest BCUT2D eigenvalue weighted by Gasteiger charge is 2.37. The lowest BCUT2D eigenvalue weighted by Crippen LogP contribution is -2.15. The third-order valence-corrected chi connectivity index (χ3v) is 4.51. The molecule has 0 atom stereocenters. The van der Waals surface area contributed by atoms with Gasteiger partial charge in [-0.1, -0.05) is 0 Å². The maximum Gasteiger partial charge on any atom is 0.417 e. The van der Waals surface area contributed by atoms with Crippen LogP contribution >= 0.6 is 0 Å². The molecule has 5 nitrogen and oxygen atoms in total. The van der Waals surface area contributed by atoms with Gasteiger partial charge >= 0.3 is 6.18 Å². The predicted octanol–water partition coefficient (Wildman–Crippen LogP) is 1.09. The van der Waals surface area contributed by atoms with Crippen LogP contribution in [0.5, 0.6) is 0 Å². The molecule has 0 aliphatic carbocycles. The molecule has 0 heterocycles. The van der Waals surface area contributed by atoms with Crippen LogP contribution in [0.1, 0.15) is 5.56 Å². The predicted molar refractivity (Wildman–Crippen MR) is 62.1 cm³/mol. The van der Waals surface area contributed by atoms with Crippen LogP contribution in [0.4, 0.5) is 18.9 Å². The van der Waals surface area contributed by atoms with Crippen LogP contribution in [0.2, 0.25) is 0 Å². The molecular weight excluding hydrogens is 307 g/mol. The molecule has 0 amide bonds. The number of nitrogen functional groups attached to an aromatic ring is 1. The molecule has 1 aromatic carbocycles. The van der Waals surface area contributed by atoms with Crippen LogP contribution < -0.4 is 5.73 Å². The average molecular weight is 317 g/mol. The summed E-state index contributed by atoms with van der Waals surface area (Å²) in [6.07, 6.45) is -3.68. The molecular formula is C9H10F3NO4S2. The van der Waals surface area contributed by atoms with E-state index in [1.807, 2.05) is 0 Å². The molecule has 0 unspecified atom stereocenters. The minimum Gasteiger partial charge on any atom is -0.398 e. The van der Waals surface area contributed by atoms with Crippen LogP contribution in [0.25, 0.3) is 0 Å². The number of hydrogen-bond donors (Lipinski definition) is 1. The molecule has 2 N–H and O–H groups in total. The molecule has 10 heteroatoms. The number of hydrogen-bond acceptors (Lipinski definition) is 5. The second kappa shape index (κ2) is 4.37. The normalized spacial score (nSPS) is 13.5. The van der Waals surface area contributed by atoms with E-state index < -0.39 is 46.9 Å². The number of sulfone groups is 2. The Labute approximate surface area is 108 Å². The first-order valence-corrected chi connectivity index (χ1v) is 8.43.